The van der Waals surface area contributed by atoms with Crippen molar-refractivity contribution in [2.45, 2.75) is 58.0 Å². The molecule has 4 heteroatoms. The van der Waals surface area contributed by atoms with Gasteiger partial charge in [0.15, 0.2) is 0 Å². The van der Waals surface area contributed by atoms with Gasteiger partial charge in [-0.15, -0.1) is 0 Å². The molecule has 0 heterocycles. The van der Waals surface area contributed by atoms with Crippen LogP contribution in [0.25, 0.3) is 0 Å². The molecule has 2 N–H and O–H groups in total. The third kappa shape index (κ3) is 4.81. The molecule has 1 fully saturated rings. The van der Waals surface area contributed by atoms with Crippen LogP contribution in [-0.2, 0) is 4.79 Å². The third-order valence-electron chi connectivity index (χ3n) is 3.56. The molecule has 0 saturated heterocycles. The van der Waals surface area contributed by atoms with E-state index in [9.17, 15) is 4.79 Å². The van der Waals surface area contributed by atoms with E-state index in [2.05, 4.69) is 25.0 Å². The Morgan fingerprint density at radius 3 is 2.50 bits per heavy atom. The number of carbonyl (C=O) groups excluding carboxylic acids is 1. The molecule has 18 heavy (non-hydrogen) atoms. The van der Waals surface area contributed by atoms with Crippen molar-refractivity contribution in [1.82, 2.24) is 4.90 Å². The van der Waals surface area contributed by atoms with Crippen molar-refractivity contribution in [3.05, 3.63) is 0 Å². The van der Waals surface area contributed by atoms with Crippen molar-refractivity contribution in [2.75, 3.05) is 18.6 Å². The van der Waals surface area contributed by atoms with Gasteiger partial charge in [-0.3, -0.25) is 4.79 Å². The van der Waals surface area contributed by atoms with Crippen molar-refractivity contribution in [3.63, 3.8) is 0 Å². The zero-order chi connectivity index (χ0) is 13.5. The summed E-state index contributed by atoms with van der Waals surface area (Å²) >= 11 is 1.75. The summed E-state index contributed by atoms with van der Waals surface area (Å²) in [6, 6.07) is 0.136. The molecule has 1 rings (SSSR count). The lowest BCUT2D eigenvalue weighted by atomic mass is 10.1. The Hall–Kier alpha value is -0.220. The van der Waals surface area contributed by atoms with Crippen LogP contribution in [0.15, 0.2) is 0 Å². The number of rotatable bonds is 7. The fraction of sp³-hybridized carbons (Fsp3) is 0.929. The normalized spacial score (nSPS) is 18.3. The summed E-state index contributed by atoms with van der Waals surface area (Å²) in [5.41, 5.74) is 6.04. The van der Waals surface area contributed by atoms with E-state index < -0.39 is 0 Å². The summed E-state index contributed by atoms with van der Waals surface area (Å²) in [5.74, 6) is 1.65. The van der Waals surface area contributed by atoms with Crippen LogP contribution in [0, 0.1) is 5.92 Å². The molecule has 0 unspecified atom stereocenters. The van der Waals surface area contributed by atoms with Crippen LogP contribution >= 0.6 is 11.8 Å². The molecule has 1 aliphatic rings. The quantitative estimate of drug-likeness (QED) is 0.774. The molecule has 0 spiro atoms. The standard InChI is InChI=1S/C14H28N2OS/c1-11(2)10-16(12-6-4-5-7-12)14(17)13(15)8-9-18-3/h11-13H,4-10,15H2,1-3H3/t13-/m1/s1. The molecule has 1 saturated carbocycles. The molecule has 1 atom stereocenters. The first-order chi connectivity index (χ1) is 8.56. The second kappa shape index (κ2) is 8.05. The zero-order valence-corrected chi connectivity index (χ0v) is 12.8. The van der Waals surface area contributed by atoms with Crippen LogP contribution in [0.5, 0.6) is 0 Å². The van der Waals surface area contributed by atoms with Gasteiger partial charge in [0.2, 0.25) is 5.91 Å². The van der Waals surface area contributed by atoms with E-state index in [1.54, 1.807) is 11.8 Å². The van der Waals surface area contributed by atoms with Gasteiger partial charge in [0.25, 0.3) is 0 Å². The zero-order valence-electron chi connectivity index (χ0n) is 12.0. The van der Waals surface area contributed by atoms with Crippen molar-refractivity contribution >= 4 is 17.7 Å². The third-order valence-corrected chi connectivity index (χ3v) is 4.20. The summed E-state index contributed by atoms with van der Waals surface area (Å²) in [4.78, 5) is 14.5. The van der Waals surface area contributed by atoms with Gasteiger partial charge in [-0.2, -0.15) is 11.8 Å². The Kier molecular flexibility index (Phi) is 7.08. The predicted molar refractivity (Wildman–Crippen MR) is 79.8 cm³/mol. The van der Waals surface area contributed by atoms with E-state index in [4.69, 9.17) is 5.73 Å². The topological polar surface area (TPSA) is 46.3 Å². The highest BCUT2D eigenvalue weighted by atomic mass is 32.2. The monoisotopic (exact) mass is 272 g/mol. The van der Waals surface area contributed by atoms with Crippen LogP contribution in [0.2, 0.25) is 0 Å². The van der Waals surface area contributed by atoms with Crippen molar-refractivity contribution in [3.8, 4) is 0 Å². The maximum Gasteiger partial charge on any atom is 0.239 e. The highest BCUT2D eigenvalue weighted by molar-refractivity contribution is 7.98. The molecule has 0 aromatic rings. The van der Waals surface area contributed by atoms with E-state index >= 15 is 0 Å². The number of nitrogens with two attached hydrogens (primary N) is 1. The lowest BCUT2D eigenvalue weighted by molar-refractivity contribution is -0.135. The SMILES string of the molecule is CSCC[C@@H](N)C(=O)N(CC(C)C)C1CCCC1. The molecule has 1 aliphatic carbocycles. The van der Waals surface area contributed by atoms with Crippen LogP contribution in [0.4, 0.5) is 0 Å². The summed E-state index contributed by atoms with van der Waals surface area (Å²) in [6.07, 6.45) is 7.68. The first kappa shape index (κ1) is 15.8. The smallest absolute Gasteiger partial charge is 0.239 e. The van der Waals surface area contributed by atoms with E-state index in [0.717, 1.165) is 31.6 Å². The van der Waals surface area contributed by atoms with E-state index in [1.165, 1.54) is 12.8 Å². The number of thioether (sulfide) groups is 1. The molecule has 0 bridgehead atoms. The fourth-order valence-electron chi connectivity index (χ4n) is 2.61. The molecule has 0 radical (unpaired) electrons. The maximum absolute atomic E-state index is 12.5. The summed E-state index contributed by atoms with van der Waals surface area (Å²) in [6.45, 7) is 5.20. The number of amides is 1. The molecule has 3 nitrogen and oxygen atoms in total. The molecular weight excluding hydrogens is 244 g/mol. The predicted octanol–water partition coefficient (Wildman–Crippen LogP) is 2.49. The summed E-state index contributed by atoms with van der Waals surface area (Å²) < 4.78 is 0. The molecular formula is C14H28N2OS. The first-order valence-electron chi connectivity index (χ1n) is 7.11. The number of nitrogens with zero attached hydrogens (tertiary/aromatic N) is 1. The average Bonchev–Trinajstić information content (AvgIpc) is 2.85. The van der Waals surface area contributed by atoms with Crippen LogP contribution in [-0.4, -0.2) is 41.4 Å². The maximum atomic E-state index is 12.5. The van der Waals surface area contributed by atoms with Gasteiger partial charge in [-0.25, -0.2) is 0 Å². The van der Waals surface area contributed by atoms with E-state index in [1.807, 2.05) is 0 Å². The number of hydrogen-bond donors (Lipinski definition) is 1. The van der Waals surface area contributed by atoms with Gasteiger partial charge >= 0.3 is 0 Å². The average molecular weight is 272 g/mol. The minimum atomic E-state index is -0.309. The van der Waals surface area contributed by atoms with Gasteiger partial charge in [0.1, 0.15) is 0 Å². The molecule has 0 aromatic carbocycles. The Morgan fingerprint density at radius 1 is 1.39 bits per heavy atom. The number of carbonyl (C=O) groups is 1. The second-order valence-corrected chi connectivity index (χ2v) is 6.70. The summed E-state index contributed by atoms with van der Waals surface area (Å²) in [5, 5.41) is 0. The van der Waals surface area contributed by atoms with Gasteiger partial charge < -0.3 is 10.6 Å². The second-order valence-electron chi connectivity index (χ2n) is 5.71. The minimum absolute atomic E-state index is 0.171. The van der Waals surface area contributed by atoms with Crippen molar-refractivity contribution < 1.29 is 4.79 Å². The van der Waals surface area contributed by atoms with Crippen LogP contribution in [0.3, 0.4) is 0 Å². The van der Waals surface area contributed by atoms with Crippen molar-refractivity contribution in [2.24, 2.45) is 11.7 Å². The fourth-order valence-corrected chi connectivity index (χ4v) is 3.10. The lowest BCUT2D eigenvalue weighted by Crippen LogP contribution is -2.49. The Labute approximate surface area is 116 Å². The van der Waals surface area contributed by atoms with Gasteiger partial charge in [0.05, 0.1) is 6.04 Å². The highest BCUT2D eigenvalue weighted by Gasteiger charge is 2.29. The van der Waals surface area contributed by atoms with E-state index in [-0.39, 0.29) is 11.9 Å². The molecule has 0 aliphatic heterocycles. The lowest BCUT2D eigenvalue weighted by Gasteiger charge is -2.32. The summed E-state index contributed by atoms with van der Waals surface area (Å²) in [7, 11) is 0. The van der Waals surface area contributed by atoms with E-state index in [0.29, 0.717) is 12.0 Å². The van der Waals surface area contributed by atoms with Gasteiger partial charge in [-0.05, 0) is 37.2 Å². The largest absolute Gasteiger partial charge is 0.338 e. The number of hydrogen-bond acceptors (Lipinski definition) is 3. The molecule has 0 aromatic heterocycles. The van der Waals surface area contributed by atoms with Crippen LogP contribution < -0.4 is 5.73 Å². The van der Waals surface area contributed by atoms with Crippen molar-refractivity contribution in [1.29, 1.82) is 0 Å². The first-order valence-corrected chi connectivity index (χ1v) is 8.50. The minimum Gasteiger partial charge on any atom is -0.338 e. The molecule has 106 valence electrons. The Balaban J connectivity index is 2.59. The van der Waals surface area contributed by atoms with Crippen LogP contribution in [0.1, 0.15) is 46.0 Å². The Bertz CT molecular complexity index is 252. The van der Waals surface area contributed by atoms with Gasteiger partial charge in [0, 0.05) is 12.6 Å². The Morgan fingerprint density at radius 2 is 2.00 bits per heavy atom. The van der Waals surface area contributed by atoms with Gasteiger partial charge in [-0.1, -0.05) is 26.7 Å². The highest BCUT2D eigenvalue weighted by Crippen LogP contribution is 2.25. The molecule has 1 amide bonds.